The van der Waals surface area contributed by atoms with Gasteiger partial charge in [-0.15, -0.1) is 0 Å². The molecule has 13 heavy (non-hydrogen) atoms. The molecule has 0 heterocycles. The van der Waals surface area contributed by atoms with Crippen LogP contribution in [0.3, 0.4) is 0 Å². The number of hydrogen-bond donors (Lipinski definition) is 1. The molecule has 0 saturated heterocycles. The Bertz CT molecular complexity index is 181. The monoisotopic (exact) mass is 181 g/mol. The van der Waals surface area contributed by atoms with Gasteiger partial charge in [0.2, 0.25) is 0 Å². The summed E-state index contributed by atoms with van der Waals surface area (Å²) in [6.07, 6.45) is 7.54. The molecule has 2 aliphatic rings. The van der Waals surface area contributed by atoms with Gasteiger partial charge < -0.3 is 5.32 Å². The fourth-order valence-corrected chi connectivity index (χ4v) is 2.11. The Hall–Kier alpha value is -0.370. The second-order valence-corrected chi connectivity index (χ2v) is 4.52. The summed E-state index contributed by atoms with van der Waals surface area (Å²) in [7, 11) is 0. The maximum absolute atomic E-state index is 11.6. The molecule has 0 radical (unpaired) electrons. The lowest BCUT2D eigenvalue weighted by molar-refractivity contribution is -0.121. The third kappa shape index (κ3) is 2.80. The van der Waals surface area contributed by atoms with Gasteiger partial charge in [0.1, 0.15) is 5.78 Å². The predicted octanol–water partition coefficient (Wildman–Crippen LogP) is 1.75. The Balaban J connectivity index is 1.59. The van der Waals surface area contributed by atoms with E-state index in [1.54, 1.807) is 0 Å². The summed E-state index contributed by atoms with van der Waals surface area (Å²) in [5, 5.41) is 3.27. The molecule has 0 amide bonds. The topological polar surface area (TPSA) is 29.1 Å². The Morgan fingerprint density at radius 1 is 1.15 bits per heavy atom. The van der Waals surface area contributed by atoms with Crippen molar-refractivity contribution in [2.75, 3.05) is 13.1 Å². The van der Waals surface area contributed by atoms with Crippen molar-refractivity contribution in [3.8, 4) is 0 Å². The van der Waals surface area contributed by atoms with Crippen molar-refractivity contribution in [1.82, 2.24) is 5.32 Å². The van der Waals surface area contributed by atoms with Gasteiger partial charge in [0, 0.05) is 5.92 Å². The molecule has 0 unspecified atom stereocenters. The lowest BCUT2D eigenvalue weighted by atomic mass is 10.0. The van der Waals surface area contributed by atoms with Gasteiger partial charge in [-0.3, -0.25) is 4.79 Å². The summed E-state index contributed by atoms with van der Waals surface area (Å²) in [5.41, 5.74) is 0. The van der Waals surface area contributed by atoms with Crippen molar-refractivity contribution in [3.05, 3.63) is 0 Å². The van der Waals surface area contributed by atoms with Crippen LogP contribution >= 0.6 is 0 Å². The van der Waals surface area contributed by atoms with Crippen LogP contribution in [0.2, 0.25) is 0 Å². The molecule has 0 aromatic heterocycles. The van der Waals surface area contributed by atoms with Crippen molar-refractivity contribution < 1.29 is 4.79 Å². The molecule has 0 atom stereocenters. The van der Waals surface area contributed by atoms with Gasteiger partial charge in [0.15, 0.2) is 0 Å². The number of carbonyl (C=O) groups excluding carboxylic acids is 1. The molecule has 2 aliphatic carbocycles. The maximum atomic E-state index is 11.6. The summed E-state index contributed by atoms with van der Waals surface area (Å²) in [6.45, 7) is 1.69. The standard InChI is InChI=1S/C11H19NO/c13-11(10-3-1-2-4-10)8-12-7-9-5-6-9/h9-10,12H,1-8H2. The highest BCUT2D eigenvalue weighted by molar-refractivity contribution is 5.83. The summed E-state index contributed by atoms with van der Waals surface area (Å²) < 4.78 is 0. The van der Waals surface area contributed by atoms with E-state index in [1.165, 1.54) is 25.7 Å². The number of ketones is 1. The van der Waals surface area contributed by atoms with Crippen LogP contribution in [0.4, 0.5) is 0 Å². The molecule has 0 bridgehead atoms. The number of carbonyl (C=O) groups is 1. The zero-order valence-corrected chi connectivity index (χ0v) is 8.22. The third-order valence-electron chi connectivity index (χ3n) is 3.24. The van der Waals surface area contributed by atoms with E-state index in [0.717, 1.165) is 25.3 Å². The molecule has 2 rings (SSSR count). The van der Waals surface area contributed by atoms with Crippen LogP contribution in [0.15, 0.2) is 0 Å². The van der Waals surface area contributed by atoms with Crippen molar-refractivity contribution >= 4 is 5.78 Å². The zero-order chi connectivity index (χ0) is 9.10. The quantitative estimate of drug-likeness (QED) is 0.700. The van der Waals surface area contributed by atoms with Crippen LogP contribution < -0.4 is 5.32 Å². The minimum atomic E-state index is 0.395. The smallest absolute Gasteiger partial charge is 0.149 e. The predicted molar refractivity (Wildman–Crippen MR) is 52.6 cm³/mol. The molecule has 0 aromatic carbocycles. The average molecular weight is 181 g/mol. The van der Waals surface area contributed by atoms with Crippen LogP contribution in [-0.4, -0.2) is 18.9 Å². The molecule has 2 saturated carbocycles. The van der Waals surface area contributed by atoms with Gasteiger partial charge in [-0.05, 0) is 38.1 Å². The molecule has 0 aromatic rings. The second-order valence-electron chi connectivity index (χ2n) is 4.52. The molecule has 2 heteroatoms. The lowest BCUT2D eigenvalue weighted by Crippen LogP contribution is -2.28. The van der Waals surface area contributed by atoms with Gasteiger partial charge >= 0.3 is 0 Å². The minimum absolute atomic E-state index is 0.395. The Kier molecular flexibility index (Phi) is 2.99. The first kappa shape index (κ1) is 9.20. The van der Waals surface area contributed by atoms with Crippen molar-refractivity contribution in [3.63, 3.8) is 0 Å². The number of Topliss-reactive ketones (excluding diaryl/α,β-unsaturated/α-hetero) is 1. The first-order valence-electron chi connectivity index (χ1n) is 5.59. The maximum Gasteiger partial charge on any atom is 0.149 e. The number of rotatable bonds is 5. The Morgan fingerprint density at radius 2 is 1.85 bits per heavy atom. The highest BCUT2D eigenvalue weighted by atomic mass is 16.1. The molecular formula is C11H19NO. The zero-order valence-electron chi connectivity index (χ0n) is 8.22. The molecule has 74 valence electrons. The fraction of sp³-hybridized carbons (Fsp3) is 0.909. The first-order chi connectivity index (χ1) is 6.36. The largest absolute Gasteiger partial charge is 0.310 e. The minimum Gasteiger partial charge on any atom is -0.310 e. The second kappa shape index (κ2) is 4.23. The van der Waals surface area contributed by atoms with E-state index in [4.69, 9.17) is 0 Å². The third-order valence-corrected chi connectivity index (χ3v) is 3.24. The summed E-state index contributed by atoms with van der Waals surface area (Å²) in [4.78, 5) is 11.6. The van der Waals surface area contributed by atoms with Gasteiger partial charge in [0.25, 0.3) is 0 Å². The van der Waals surface area contributed by atoms with Gasteiger partial charge in [-0.25, -0.2) is 0 Å². The van der Waals surface area contributed by atoms with Crippen LogP contribution in [0, 0.1) is 11.8 Å². The number of nitrogens with one attached hydrogen (secondary N) is 1. The lowest BCUT2D eigenvalue weighted by Gasteiger charge is -2.08. The number of hydrogen-bond acceptors (Lipinski definition) is 2. The van der Waals surface area contributed by atoms with Crippen LogP contribution in [0.5, 0.6) is 0 Å². The first-order valence-corrected chi connectivity index (χ1v) is 5.59. The molecule has 0 aliphatic heterocycles. The van der Waals surface area contributed by atoms with E-state index in [-0.39, 0.29) is 0 Å². The van der Waals surface area contributed by atoms with Gasteiger partial charge in [-0.1, -0.05) is 12.8 Å². The Labute approximate surface area is 80.1 Å². The van der Waals surface area contributed by atoms with Crippen molar-refractivity contribution in [2.45, 2.75) is 38.5 Å². The SMILES string of the molecule is O=C(CNCC1CC1)C1CCCC1. The fourth-order valence-electron chi connectivity index (χ4n) is 2.11. The van der Waals surface area contributed by atoms with Crippen LogP contribution in [0.25, 0.3) is 0 Å². The summed E-state index contributed by atoms with van der Waals surface area (Å²) >= 11 is 0. The summed E-state index contributed by atoms with van der Waals surface area (Å²) in [6, 6.07) is 0. The summed E-state index contributed by atoms with van der Waals surface area (Å²) in [5.74, 6) is 1.74. The van der Waals surface area contributed by atoms with E-state index in [9.17, 15) is 4.79 Å². The van der Waals surface area contributed by atoms with Gasteiger partial charge in [-0.2, -0.15) is 0 Å². The molecule has 0 spiro atoms. The van der Waals surface area contributed by atoms with Crippen LogP contribution in [0.1, 0.15) is 38.5 Å². The van der Waals surface area contributed by atoms with E-state index in [1.807, 2.05) is 0 Å². The Morgan fingerprint density at radius 3 is 2.46 bits per heavy atom. The molecule has 2 nitrogen and oxygen atoms in total. The van der Waals surface area contributed by atoms with E-state index in [2.05, 4.69) is 5.32 Å². The van der Waals surface area contributed by atoms with Crippen LogP contribution in [-0.2, 0) is 4.79 Å². The van der Waals surface area contributed by atoms with E-state index < -0.39 is 0 Å². The highest BCUT2D eigenvalue weighted by Gasteiger charge is 2.24. The van der Waals surface area contributed by atoms with Crippen molar-refractivity contribution in [1.29, 1.82) is 0 Å². The molecule has 2 fully saturated rings. The van der Waals surface area contributed by atoms with E-state index in [0.29, 0.717) is 18.2 Å². The van der Waals surface area contributed by atoms with E-state index >= 15 is 0 Å². The highest BCUT2D eigenvalue weighted by Crippen LogP contribution is 2.28. The average Bonchev–Trinajstić information content (AvgIpc) is 2.80. The normalized spacial score (nSPS) is 23.7. The van der Waals surface area contributed by atoms with Gasteiger partial charge in [0.05, 0.1) is 6.54 Å². The molecular weight excluding hydrogens is 162 g/mol. The molecule has 1 N–H and O–H groups in total. The van der Waals surface area contributed by atoms with Crippen molar-refractivity contribution in [2.24, 2.45) is 11.8 Å².